The van der Waals surface area contributed by atoms with Gasteiger partial charge in [0.1, 0.15) is 12.0 Å². The van der Waals surface area contributed by atoms with Crippen molar-refractivity contribution in [1.82, 2.24) is 4.90 Å². The largest absolute Gasteiger partial charge is 0.445 e. The van der Waals surface area contributed by atoms with Crippen molar-refractivity contribution in [2.45, 2.75) is 5.75 Å². The molecule has 0 aromatic heterocycles. The summed E-state index contributed by atoms with van der Waals surface area (Å²) in [6.07, 6.45) is 3.39. The summed E-state index contributed by atoms with van der Waals surface area (Å²) in [4.78, 5) is 30.6. The number of carbonyl (C=O) groups is 2. The number of carbonyl (C=O) groups excluding carboxylic acids is 2. The van der Waals surface area contributed by atoms with Gasteiger partial charge in [-0.1, -0.05) is 12.1 Å². The van der Waals surface area contributed by atoms with Crippen LogP contribution in [0.3, 0.4) is 0 Å². The van der Waals surface area contributed by atoms with Crippen LogP contribution < -0.4 is 0 Å². The molecule has 118 valence electrons. The molecule has 1 atom stereocenters. The van der Waals surface area contributed by atoms with E-state index in [1.807, 2.05) is 0 Å². The summed E-state index contributed by atoms with van der Waals surface area (Å²) < 4.78 is 14.3. The van der Waals surface area contributed by atoms with Crippen LogP contribution in [-0.2, 0) is 10.5 Å². The van der Waals surface area contributed by atoms with Gasteiger partial charge in [0.25, 0.3) is 5.84 Å². The Bertz CT molecular complexity index is 768. The van der Waals surface area contributed by atoms with Gasteiger partial charge in [-0.25, -0.2) is 9.18 Å². The summed E-state index contributed by atoms with van der Waals surface area (Å²) >= 11 is 1.49. The maximum atomic E-state index is 13.0. The molecule has 1 aromatic carbocycles. The van der Waals surface area contributed by atoms with E-state index in [-0.39, 0.29) is 17.8 Å². The summed E-state index contributed by atoms with van der Waals surface area (Å²) in [6.45, 7) is 0. The van der Waals surface area contributed by atoms with E-state index >= 15 is 0 Å². The van der Waals surface area contributed by atoms with Crippen LogP contribution in [0.4, 0.5) is 9.18 Å². The standard InChI is InChI=1S/C16H15FN3O2S/c1-19-14-13(15(21)20(2)16(19)22)12(7-8-18-14)23-9-10-3-5-11(17)6-4-10/h3-8,13H,9H2,1-2H3/q+1. The number of amides is 3. The molecule has 2 heterocycles. The Balaban J connectivity index is 1.84. The number of dihydropyridines is 1. The molecule has 23 heavy (non-hydrogen) atoms. The number of benzene rings is 1. The molecule has 0 saturated heterocycles. The number of halogens is 1. The van der Waals surface area contributed by atoms with Gasteiger partial charge >= 0.3 is 11.9 Å². The third kappa shape index (κ3) is 2.84. The van der Waals surface area contributed by atoms with E-state index < -0.39 is 5.92 Å². The van der Waals surface area contributed by atoms with Crippen molar-refractivity contribution < 1.29 is 18.6 Å². The summed E-state index contributed by atoms with van der Waals surface area (Å²) in [5, 5.41) is 0. The van der Waals surface area contributed by atoms with Gasteiger partial charge in [-0.15, -0.1) is 16.8 Å². The quantitative estimate of drug-likeness (QED) is 0.798. The lowest BCUT2D eigenvalue weighted by Crippen LogP contribution is -2.52. The number of hydrogen-bond donors (Lipinski definition) is 0. The number of amidine groups is 1. The predicted octanol–water partition coefficient (Wildman–Crippen LogP) is 2.28. The number of hydrogen-bond acceptors (Lipinski definition) is 4. The van der Waals surface area contributed by atoms with E-state index in [2.05, 4.69) is 4.99 Å². The molecule has 1 aromatic rings. The van der Waals surface area contributed by atoms with E-state index in [4.69, 9.17) is 0 Å². The SMILES string of the molecule is CN1C(=O)C2C(SCc3ccc(F)cc3)=CC=NC2=[N+](C)C1=O. The summed E-state index contributed by atoms with van der Waals surface area (Å²) in [5.74, 6) is -0.0564. The summed E-state index contributed by atoms with van der Waals surface area (Å²) in [5.41, 5.74) is 0.961. The monoisotopic (exact) mass is 332 g/mol. The van der Waals surface area contributed by atoms with E-state index in [1.165, 1.54) is 35.5 Å². The normalized spacial score (nSPS) is 20.7. The number of thioether (sulfide) groups is 1. The average Bonchev–Trinajstić information content (AvgIpc) is 2.57. The first kappa shape index (κ1) is 15.6. The van der Waals surface area contributed by atoms with Crippen LogP contribution in [0.25, 0.3) is 0 Å². The predicted molar refractivity (Wildman–Crippen MR) is 87.1 cm³/mol. The molecule has 0 fully saturated rings. The summed E-state index contributed by atoms with van der Waals surface area (Å²) in [7, 11) is 3.08. The second kappa shape index (κ2) is 6.08. The molecule has 0 radical (unpaired) electrons. The second-order valence-electron chi connectivity index (χ2n) is 5.29. The topological polar surface area (TPSA) is 52.8 Å². The molecule has 0 N–H and O–H groups in total. The maximum absolute atomic E-state index is 13.0. The number of rotatable bonds is 3. The van der Waals surface area contributed by atoms with Crippen LogP contribution in [0, 0.1) is 11.7 Å². The number of aliphatic imine (C=N–C) groups is 1. The smallest absolute Gasteiger partial charge is 0.255 e. The van der Waals surface area contributed by atoms with Gasteiger partial charge in [0.2, 0.25) is 0 Å². The van der Waals surface area contributed by atoms with Gasteiger partial charge in [-0.3, -0.25) is 4.79 Å². The minimum Gasteiger partial charge on any atom is -0.255 e. The molecule has 0 spiro atoms. The second-order valence-corrected chi connectivity index (χ2v) is 6.34. The summed E-state index contributed by atoms with van der Waals surface area (Å²) in [6, 6.07) is 5.87. The fourth-order valence-corrected chi connectivity index (χ4v) is 3.54. The average molecular weight is 332 g/mol. The molecule has 5 nitrogen and oxygen atoms in total. The molecule has 1 unspecified atom stereocenters. The Labute approximate surface area is 137 Å². The molecular formula is C16H15FN3O2S+. The molecular weight excluding hydrogens is 317 g/mol. The van der Waals surface area contributed by atoms with Crippen LogP contribution >= 0.6 is 11.8 Å². The van der Waals surface area contributed by atoms with Gasteiger partial charge in [0.15, 0.2) is 5.92 Å². The zero-order valence-corrected chi connectivity index (χ0v) is 13.5. The Kier molecular flexibility index (Phi) is 4.12. The van der Waals surface area contributed by atoms with Crippen LogP contribution in [-0.4, -0.2) is 47.6 Å². The highest BCUT2D eigenvalue weighted by Gasteiger charge is 2.46. The van der Waals surface area contributed by atoms with Gasteiger partial charge in [-0.05, 0) is 23.8 Å². The third-order valence-electron chi connectivity index (χ3n) is 3.80. The molecule has 2 aliphatic rings. The first-order chi connectivity index (χ1) is 11.0. The van der Waals surface area contributed by atoms with Crippen LogP contribution in [0.1, 0.15) is 5.56 Å². The van der Waals surface area contributed by atoms with Crippen LogP contribution in [0.5, 0.6) is 0 Å². The zero-order chi connectivity index (χ0) is 16.6. The third-order valence-corrected chi connectivity index (χ3v) is 4.98. The molecule has 0 aliphatic carbocycles. The zero-order valence-electron chi connectivity index (χ0n) is 12.7. The van der Waals surface area contributed by atoms with Crippen molar-refractivity contribution >= 4 is 35.8 Å². The minimum atomic E-state index is -0.557. The molecule has 2 aliphatic heterocycles. The van der Waals surface area contributed by atoms with E-state index in [9.17, 15) is 14.0 Å². The number of allylic oxidation sites excluding steroid dienone is 1. The lowest BCUT2D eigenvalue weighted by molar-refractivity contribution is -0.407. The maximum Gasteiger partial charge on any atom is 0.445 e. The van der Waals surface area contributed by atoms with E-state index in [0.29, 0.717) is 11.6 Å². The highest BCUT2D eigenvalue weighted by molar-refractivity contribution is 8.02. The highest BCUT2D eigenvalue weighted by atomic mass is 32.2. The van der Waals surface area contributed by atoms with Crippen LogP contribution in [0.2, 0.25) is 0 Å². The number of fused-ring (bicyclic) bond motifs is 1. The first-order valence-corrected chi connectivity index (χ1v) is 8.01. The van der Waals surface area contributed by atoms with Crippen molar-refractivity contribution in [3.63, 3.8) is 0 Å². The van der Waals surface area contributed by atoms with Gasteiger partial charge in [0, 0.05) is 10.7 Å². The fourth-order valence-electron chi connectivity index (χ4n) is 2.49. The molecule has 7 heteroatoms. The van der Waals surface area contributed by atoms with Crippen LogP contribution in [0.15, 0.2) is 40.2 Å². The lowest BCUT2D eigenvalue weighted by Gasteiger charge is -2.26. The molecule has 3 amide bonds. The van der Waals surface area contributed by atoms with Gasteiger partial charge < -0.3 is 0 Å². The van der Waals surface area contributed by atoms with Gasteiger partial charge in [-0.2, -0.15) is 9.48 Å². The number of nitrogens with zero attached hydrogens (tertiary/aromatic N) is 3. The Morgan fingerprint density at radius 3 is 2.70 bits per heavy atom. The molecule has 0 bridgehead atoms. The van der Waals surface area contributed by atoms with E-state index in [0.717, 1.165) is 15.4 Å². The fraction of sp³-hybridized carbons (Fsp3) is 0.250. The number of imide groups is 1. The highest BCUT2D eigenvalue weighted by Crippen LogP contribution is 2.33. The minimum absolute atomic E-state index is 0.275. The Hall–Kier alpha value is -2.28. The Morgan fingerprint density at radius 1 is 1.30 bits per heavy atom. The van der Waals surface area contributed by atoms with Crippen molar-refractivity contribution in [3.05, 3.63) is 46.6 Å². The van der Waals surface area contributed by atoms with Crippen molar-refractivity contribution in [1.29, 1.82) is 0 Å². The number of urea groups is 1. The van der Waals surface area contributed by atoms with Crippen molar-refractivity contribution in [2.75, 3.05) is 14.1 Å². The van der Waals surface area contributed by atoms with E-state index in [1.54, 1.807) is 31.5 Å². The molecule has 0 saturated carbocycles. The molecule has 3 rings (SSSR count). The first-order valence-electron chi connectivity index (χ1n) is 7.02. The Morgan fingerprint density at radius 2 is 2.00 bits per heavy atom. The van der Waals surface area contributed by atoms with Gasteiger partial charge in [0.05, 0.1) is 14.1 Å². The van der Waals surface area contributed by atoms with Crippen molar-refractivity contribution in [2.24, 2.45) is 10.9 Å². The lowest BCUT2D eigenvalue weighted by atomic mass is 10.0. The van der Waals surface area contributed by atoms with Crippen molar-refractivity contribution in [3.8, 4) is 0 Å².